The topological polar surface area (TPSA) is 267 Å². The first kappa shape index (κ1) is 40.5. The number of para-hydroxylation sites is 1. The lowest BCUT2D eigenvalue weighted by atomic mass is 9.97. The number of nitrogens with one attached hydrogen (secondary N) is 1. The van der Waals surface area contributed by atoms with Crippen molar-refractivity contribution >= 4 is 45.6 Å². The Hall–Kier alpha value is -5.68. The predicted molar refractivity (Wildman–Crippen MR) is 185 cm³/mol. The van der Waals surface area contributed by atoms with Gasteiger partial charge in [0.05, 0.1) is 24.5 Å². The number of nitrogens with two attached hydrogens (primary N) is 3. The van der Waals surface area contributed by atoms with Gasteiger partial charge in [0, 0.05) is 25.1 Å². The molecule has 0 spiro atoms. The number of hydrogen-bond acceptors (Lipinski definition) is 9. The minimum absolute atomic E-state index is 0.0643. The van der Waals surface area contributed by atoms with Crippen molar-refractivity contribution in [3.05, 3.63) is 90.0 Å². The molecule has 1 aliphatic heterocycles. The lowest BCUT2D eigenvalue weighted by Gasteiger charge is -2.29. The molecule has 0 bridgehead atoms. The lowest BCUT2D eigenvalue weighted by Crippen LogP contribution is -2.43. The molecule has 0 radical (unpaired) electrons. The molecule has 1 atom stereocenters. The van der Waals surface area contributed by atoms with Gasteiger partial charge in [0.1, 0.15) is 17.5 Å². The number of primary amides is 1. The molecule has 50 heavy (non-hydrogen) atoms. The molecule has 9 N–H and O–H groups in total. The molecule has 17 heteroatoms. The summed E-state index contributed by atoms with van der Waals surface area (Å²) in [5.41, 5.74) is 17.3. The number of amides is 3. The highest BCUT2D eigenvalue weighted by Crippen LogP contribution is 2.23. The number of benzene rings is 3. The van der Waals surface area contributed by atoms with Crippen LogP contribution in [0.4, 0.5) is 10.5 Å². The Morgan fingerprint density at radius 1 is 0.940 bits per heavy atom. The van der Waals surface area contributed by atoms with Gasteiger partial charge in [0.2, 0.25) is 0 Å². The van der Waals surface area contributed by atoms with Gasteiger partial charge < -0.3 is 42.0 Å². The minimum atomic E-state index is -3.67. The van der Waals surface area contributed by atoms with Gasteiger partial charge in [-0.1, -0.05) is 30.3 Å². The first-order valence-corrected chi connectivity index (χ1v) is 17.1. The van der Waals surface area contributed by atoms with Gasteiger partial charge in [-0.15, -0.1) is 0 Å². The van der Waals surface area contributed by atoms with Crippen molar-refractivity contribution in [2.75, 3.05) is 26.0 Å². The fourth-order valence-corrected chi connectivity index (χ4v) is 4.47. The van der Waals surface area contributed by atoms with Crippen LogP contribution in [0.1, 0.15) is 35.7 Å². The summed E-state index contributed by atoms with van der Waals surface area (Å²) in [5, 5.41) is 12.1. The number of hydrogen-bond donors (Lipinski definition) is 6. The second-order valence-corrected chi connectivity index (χ2v) is 12.3. The maximum atomic E-state index is 12.5. The molecule has 1 heterocycles. The molecule has 1 saturated heterocycles. The van der Waals surface area contributed by atoms with Crippen molar-refractivity contribution in [2.45, 2.75) is 32.2 Å². The minimum Gasteiger partial charge on any atom is -0.480 e. The first-order valence-electron chi connectivity index (χ1n) is 15.2. The number of carbonyl (C=O) groups excluding carboxylic acids is 3. The summed E-state index contributed by atoms with van der Waals surface area (Å²) < 4.78 is 36.6. The van der Waals surface area contributed by atoms with E-state index >= 15 is 0 Å². The summed E-state index contributed by atoms with van der Waals surface area (Å²) in [6.45, 7) is 3.31. The molecular formula is C33H42N6O10S. The number of esters is 1. The Morgan fingerprint density at radius 2 is 1.52 bits per heavy atom. The molecule has 16 nitrogen and oxygen atoms in total. The molecule has 0 saturated carbocycles. The van der Waals surface area contributed by atoms with E-state index < -0.39 is 34.1 Å². The number of carbonyl (C=O) groups is 4. The van der Waals surface area contributed by atoms with Crippen LogP contribution in [0.2, 0.25) is 0 Å². The number of urea groups is 1. The van der Waals surface area contributed by atoms with Gasteiger partial charge in [-0.05, 0) is 73.9 Å². The fourth-order valence-electron chi connectivity index (χ4n) is 4.47. The van der Waals surface area contributed by atoms with Crippen LogP contribution >= 0.6 is 0 Å². The Labute approximate surface area is 290 Å². The van der Waals surface area contributed by atoms with Crippen molar-refractivity contribution in [1.82, 2.24) is 10.2 Å². The molecule has 1 fully saturated rings. The zero-order valence-corrected chi connectivity index (χ0v) is 28.4. The van der Waals surface area contributed by atoms with Crippen LogP contribution < -0.4 is 27.3 Å². The third-order valence-electron chi connectivity index (χ3n) is 6.73. The molecule has 3 amide bonds. The van der Waals surface area contributed by atoms with Gasteiger partial charge in [-0.25, -0.2) is 14.6 Å². The first-order chi connectivity index (χ1) is 23.5. The molecule has 4 rings (SSSR count). The second kappa shape index (κ2) is 20.0. The van der Waals surface area contributed by atoms with Crippen LogP contribution in [0.5, 0.6) is 11.5 Å². The zero-order valence-electron chi connectivity index (χ0n) is 27.6. The van der Waals surface area contributed by atoms with Crippen LogP contribution in [0, 0.1) is 5.92 Å². The van der Waals surface area contributed by atoms with Gasteiger partial charge in [0.15, 0.2) is 5.96 Å². The van der Waals surface area contributed by atoms with Gasteiger partial charge in [0.25, 0.3) is 16.0 Å². The fraction of sp³-hybridized carbons (Fsp3) is 0.303. The van der Waals surface area contributed by atoms with E-state index in [4.69, 9.17) is 31.2 Å². The summed E-state index contributed by atoms with van der Waals surface area (Å²) in [7, 11) is -3.67. The average molecular weight is 715 g/mol. The Bertz CT molecular complexity index is 1700. The van der Waals surface area contributed by atoms with Gasteiger partial charge >= 0.3 is 18.0 Å². The third-order valence-corrected chi connectivity index (χ3v) is 6.73. The number of carboxylic acid groups (broad SMARTS) is 1. The molecule has 3 aromatic carbocycles. The highest BCUT2D eigenvalue weighted by Gasteiger charge is 2.27. The number of carboxylic acids is 1. The monoisotopic (exact) mass is 714 g/mol. The van der Waals surface area contributed by atoms with E-state index in [0.29, 0.717) is 67.1 Å². The van der Waals surface area contributed by atoms with Crippen LogP contribution in [0.25, 0.3) is 0 Å². The van der Waals surface area contributed by atoms with Crippen LogP contribution in [-0.4, -0.2) is 84.8 Å². The van der Waals surface area contributed by atoms with E-state index in [0.717, 1.165) is 0 Å². The summed E-state index contributed by atoms with van der Waals surface area (Å²) in [5.74, 6) is -0.717. The second-order valence-electron chi connectivity index (χ2n) is 10.8. The maximum Gasteiger partial charge on any atom is 0.326 e. The van der Waals surface area contributed by atoms with E-state index in [1.165, 1.54) is 12.1 Å². The molecule has 0 aromatic heterocycles. The normalized spacial score (nSPS) is 13.1. The number of nitrogens with zero attached hydrogens (tertiary/aromatic N) is 2. The largest absolute Gasteiger partial charge is 0.480 e. The van der Waals surface area contributed by atoms with E-state index in [9.17, 15) is 32.7 Å². The average Bonchev–Trinajstić information content (AvgIpc) is 3.05. The predicted octanol–water partition coefficient (Wildman–Crippen LogP) is 2.65. The van der Waals surface area contributed by atoms with Crippen molar-refractivity contribution in [3.8, 4) is 11.5 Å². The Balaban J connectivity index is 0.000000376. The van der Waals surface area contributed by atoms with Crippen molar-refractivity contribution in [2.24, 2.45) is 28.1 Å². The number of piperidine rings is 1. The number of ether oxygens (including phenoxy) is 2. The third kappa shape index (κ3) is 15.9. The summed E-state index contributed by atoms with van der Waals surface area (Å²) in [4.78, 5) is 51.8. The van der Waals surface area contributed by atoms with Crippen molar-refractivity contribution in [1.29, 1.82) is 0 Å². The maximum absolute atomic E-state index is 12.5. The summed E-state index contributed by atoms with van der Waals surface area (Å²) >= 11 is 0. The van der Waals surface area contributed by atoms with Crippen molar-refractivity contribution in [3.63, 3.8) is 0 Å². The molecule has 3 aromatic rings. The number of aliphatic imine (C=N–C) groups is 1. The smallest absolute Gasteiger partial charge is 0.326 e. The number of likely N-dealkylation sites (tertiary alicyclic amines) is 1. The number of rotatable bonds is 10. The number of aliphatic carboxylic acids is 1. The Morgan fingerprint density at radius 3 is 2.04 bits per heavy atom. The van der Waals surface area contributed by atoms with Gasteiger partial charge in [-0.2, -0.15) is 8.42 Å². The van der Waals surface area contributed by atoms with Crippen LogP contribution in [-0.2, 0) is 30.9 Å². The SMILES string of the molecule is CCOC(=O)C1CCN(C(N)=O)CC1.CS(=O)(=O)O.NC(N)=Nc1ccc(C(=O)NC(Cc2cccc(Oc3ccccc3)c2)C(=O)O)cc1. The van der Waals surface area contributed by atoms with Crippen LogP contribution in [0.3, 0.4) is 0 Å². The van der Waals surface area contributed by atoms with Gasteiger partial charge in [-0.3, -0.25) is 14.1 Å². The highest BCUT2D eigenvalue weighted by atomic mass is 32.2. The van der Waals surface area contributed by atoms with E-state index in [-0.39, 0.29) is 24.3 Å². The van der Waals surface area contributed by atoms with Crippen molar-refractivity contribution < 1.29 is 46.7 Å². The Kier molecular flexibility index (Phi) is 16.2. The molecule has 0 aliphatic carbocycles. The van der Waals surface area contributed by atoms with Crippen LogP contribution in [0.15, 0.2) is 83.9 Å². The molecule has 1 aliphatic rings. The summed E-state index contributed by atoms with van der Waals surface area (Å²) in [6, 6.07) is 21.0. The highest BCUT2D eigenvalue weighted by molar-refractivity contribution is 7.85. The van der Waals surface area contributed by atoms with E-state index in [1.807, 2.05) is 30.3 Å². The lowest BCUT2D eigenvalue weighted by molar-refractivity contribution is -0.149. The molecule has 270 valence electrons. The molecule has 1 unspecified atom stereocenters. The number of guanidine groups is 1. The summed E-state index contributed by atoms with van der Waals surface area (Å²) in [6.07, 6.45) is 2.12. The quantitative estimate of drug-likeness (QED) is 0.0766. The van der Waals surface area contributed by atoms with E-state index in [2.05, 4.69) is 10.3 Å². The zero-order chi connectivity index (χ0) is 37.3. The molecular weight excluding hydrogens is 672 g/mol. The standard InChI is InChI=1S/C23H22N4O4.C9H16N2O3.CH4O3S/c24-23(25)26-17-11-9-16(10-12-17)21(28)27-20(22(29)30)14-15-5-4-8-19(13-15)31-18-6-2-1-3-7-18;1-2-14-8(12)7-3-5-11(6-4-7)9(10)13;1-5(2,3)4/h1-13,20H,14H2,(H,27,28)(H,29,30)(H4,24,25,26);7H,2-6H2,1H3,(H2,10,13);1H3,(H,2,3,4). The van der Waals surface area contributed by atoms with E-state index in [1.54, 1.807) is 48.2 Å².